The Balaban J connectivity index is 1.65. The van der Waals surface area contributed by atoms with Crippen molar-refractivity contribution in [2.75, 3.05) is 7.11 Å². The molecule has 28 heavy (non-hydrogen) atoms. The first-order valence-electron chi connectivity index (χ1n) is 8.79. The topological polar surface area (TPSA) is 90.2 Å². The fourth-order valence-corrected chi connectivity index (χ4v) is 3.33. The fourth-order valence-electron chi connectivity index (χ4n) is 3.33. The van der Waals surface area contributed by atoms with Crippen LogP contribution in [0.5, 0.6) is 5.88 Å². The van der Waals surface area contributed by atoms with Crippen LogP contribution in [0.15, 0.2) is 41.5 Å². The predicted molar refractivity (Wildman–Crippen MR) is 102 cm³/mol. The van der Waals surface area contributed by atoms with Gasteiger partial charge in [-0.2, -0.15) is 0 Å². The molecule has 0 spiro atoms. The number of hydrogen-bond donors (Lipinski definition) is 0. The van der Waals surface area contributed by atoms with Crippen molar-refractivity contribution in [2.45, 2.75) is 20.0 Å². The minimum absolute atomic E-state index is 0.101. The van der Waals surface area contributed by atoms with Crippen molar-refractivity contribution in [1.29, 1.82) is 0 Å². The van der Waals surface area contributed by atoms with Gasteiger partial charge in [0.15, 0.2) is 0 Å². The number of benzene rings is 1. The molecule has 0 radical (unpaired) electrons. The number of nitrogens with zero attached hydrogens (tertiary/aromatic N) is 5. The standard InChI is InChI=1S/C20H19N5O3/c1-12-23-16-11-25(10-15(16)20(27)24(12)2)19(26)14-6-4-5-13(9-14)17-18(28-3)22-8-7-21-17/h4-9H,10-11H2,1-3H3. The molecule has 1 aliphatic heterocycles. The molecule has 3 heterocycles. The normalized spacial score (nSPS) is 12.8. The number of aryl methyl sites for hydroxylation is 1. The lowest BCUT2D eigenvalue weighted by atomic mass is 10.1. The summed E-state index contributed by atoms with van der Waals surface area (Å²) in [7, 11) is 3.21. The molecule has 8 heteroatoms. The van der Waals surface area contributed by atoms with E-state index in [2.05, 4.69) is 15.0 Å². The maximum Gasteiger partial charge on any atom is 0.258 e. The number of methoxy groups -OCH3 is 1. The van der Waals surface area contributed by atoms with Crippen LogP contribution in [0.1, 0.15) is 27.4 Å². The van der Waals surface area contributed by atoms with E-state index in [1.807, 2.05) is 6.07 Å². The van der Waals surface area contributed by atoms with Gasteiger partial charge in [0.2, 0.25) is 5.88 Å². The van der Waals surface area contributed by atoms with E-state index in [0.717, 1.165) is 5.56 Å². The molecule has 0 unspecified atom stereocenters. The monoisotopic (exact) mass is 377 g/mol. The fraction of sp³-hybridized carbons (Fsp3) is 0.250. The molecule has 0 aliphatic carbocycles. The Labute approximate surface area is 161 Å². The second-order valence-electron chi connectivity index (χ2n) is 6.60. The number of carbonyl (C=O) groups excluding carboxylic acids is 1. The van der Waals surface area contributed by atoms with Gasteiger partial charge in [0.25, 0.3) is 11.5 Å². The molecule has 0 saturated heterocycles. The second-order valence-corrected chi connectivity index (χ2v) is 6.60. The van der Waals surface area contributed by atoms with Crippen molar-refractivity contribution in [3.05, 3.63) is 69.7 Å². The third kappa shape index (κ3) is 2.92. The van der Waals surface area contributed by atoms with E-state index in [1.165, 1.54) is 11.7 Å². The van der Waals surface area contributed by atoms with E-state index >= 15 is 0 Å². The van der Waals surface area contributed by atoms with Gasteiger partial charge >= 0.3 is 0 Å². The van der Waals surface area contributed by atoms with Gasteiger partial charge in [0.05, 0.1) is 31.5 Å². The van der Waals surface area contributed by atoms with Crippen LogP contribution in [0.4, 0.5) is 0 Å². The van der Waals surface area contributed by atoms with Crippen molar-refractivity contribution in [3.63, 3.8) is 0 Å². The van der Waals surface area contributed by atoms with Gasteiger partial charge in [-0.1, -0.05) is 12.1 Å². The van der Waals surface area contributed by atoms with Crippen LogP contribution in [-0.2, 0) is 20.1 Å². The van der Waals surface area contributed by atoms with Crippen LogP contribution in [0.3, 0.4) is 0 Å². The van der Waals surface area contributed by atoms with Gasteiger partial charge in [-0.05, 0) is 19.1 Å². The lowest BCUT2D eigenvalue weighted by Crippen LogP contribution is -2.27. The number of amides is 1. The van der Waals surface area contributed by atoms with Crippen LogP contribution in [0, 0.1) is 6.92 Å². The Bertz CT molecular complexity index is 1140. The van der Waals surface area contributed by atoms with E-state index in [9.17, 15) is 9.59 Å². The summed E-state index contributed by atoms with van der Waals surface area (Å²) in [5.74, 6) is 0.862. The summed E-state index contributed by atoms with van der Waals surface area (Å²) in [6.07, 6.45) is 3.13. The van der Waals surface area contributed by atoms with Gasteiger partial charge < -0.3 is 9.64 Å². The largest absolute Gasteiger partial charge is 0.479 e. The Morgan fingerprint density at radius 3 is 2.75 bits per heavy atom. The lowest BCUT2D eigenvalue weighted by molar-refractivity contribution is 0.0750. The smallest absolute Gasteiger partial charge is 0.258 e. The molecule has 4 rings (SSSR count). The molecule has 8 nitrogen and oxygen atoms in total. The van der Waals surface area contributed by atoms with E-state index < -0.39 is 0 Å². The minimum atomic E-state index is -0.164. The van der Waals surface area contributed by atoms with E-state index in [1.54, 1.807) is 49.5 Å². The molecule has 1 aromatic carbocycles. The zero-order chi connectivity index (χ0) is 19.8. The molecule has 0 saturated carbocycles. The maximum absolute atomic E-state index is 13.1. The molecule has 0 atom stereocenters. The molecule has 3 aromatic rings. The first-order chi connectivity index (χ1) is 13.5. The van der Waals surface area contributed by atoms with Crippen LogP contribution in [-0.4, -0.2) is 37.4 Å². The van der Waals surface area contributed by atoms with Gasteiger partial charge in [-0.15, -0.1) is 0 Å². The number of fused-ring (bicyclic) bond motifs is 1. The number of hydrogen-bond acceptors (Lipinski definition) is 6. The molecular weight excluding hydrogens is 358 g/mol. The zero-order valence-electron chi connectivity index (χ0n) is 15.8. The average Bonchev–Trinajstić information content (AvgIpc) is 3.15. The van der Waals surface area contributed by atoms with Gasteiger partial charge in [-0.25, -0.2) is 15.0 Å². The summed E-state index contributed by atoms with van der Waals surface area (Å²) in [6, 6.07) is 7.15. The van der Waals surface area contributed by atoms with Gasteiger partial charge in [-0.3, -0.25) is 14.2 Å². The van der Waals surface area contributed by atoms with E-state index in [4.69, 9.17) is 4.74 Å². The minimum Gasteiger partial charge on any atom is -0.479 e. The van der Waals surface area contributed by atoms with E-state index in [0.29, 0.717) is 40.8 Å². The lowest BCUT2D eigenvalue weighted by Gasteiger charge is -2.15. The Hall–Kier alpha value is -3.55. The number of aromatic nitrogens is 4. The molecule has 2 aromatic heterocycles. The number of carbonyl (C=O) groups is 1. The third-order valence-electron chi connectivity index (χ3n) is 4.91. The summed E-state index contributed by atoms with van der Waals surface area (Å²) >= 11 is 0. The molecule has 0 bridgehead atoms. The van der Waals surface area contributed by atoms with Gasteiger partial charge in [0.1, 0.15) is 11.5 Å². The summed E-state index contributed by atoms with van der Waals surface area (Å²) in [5, 5.41) is 0. The highest BCUT2D eigenvalue weighted by Crippen LogP contribution is 2.27. The molecule has 0 fully saturated rings. The maximum atomic E-state index is 13.1. The quantitative estimate of drug-likeness (QED) is 0.690. The summed E-state index contributed by atoms with van der Waals surface area (Å²) in [4.78, 5) is 40.1. The molecule has 1 amide bonds. The first-order valence-corrected chi connectivity index (χ1v) is 8.79. The highest BCUT2D eigenvalue weighted by atomic mass is 16.5. The van der Waals surface area contributed by atoms with Crippen molar-refractivity contribution in [1.82, 2.24) is 24.4 Å². The van der Waals surface area contributed by atoms with Crippen LogP contribution < -0.4 is 10.3 Å². The van der Waals surface area contributed by atoms with Crippen molar-refractivity contribution < 1.29 is 9.53 Å². The summed E-state index contributed by atoms with van der Waals surface area (Å²) < 4.78 is 6.77. The van der Waals surface area contributed by atoms with Gasteiger partial charge in [0, 0.05) is 30.6 Å². The second kappa shape index (κ2) is 6.88. The van der Waals surface area contributed by atoms with E-state index in [-0.39, 0.29) is 18.0 Å². The molecule has 1 aliphatic rings. The first kappa shape index (κ1) is 17.8. The Morgan fingerprint density at radius 1 is 1.18 bits per heavy atom. The molecule has 142 valence electrons. The summed E-state index contributed by atoms with van der Waals surface area (Å²) in [6.45, 7) is 2.36. The van der Waals surface area contributed by atoms with Crippen LogP contribution >= 0.6 is 0 Å². The zero-order valence-corrected chi connectivity index (χ0v) is 15.8. The SMILES string of the molecule is COc1nccnc1-c1cccc(C(=O)N2Cc3nc(C)n(C)c(=O)c3C2)c1. The molecule has 0 N–H and O–H groups in total. The molecular formula is C20H19N5O3. The van der Waals surface area contributed by atoms with Crippen molar-refractivity contribution in [2.24, 2.45) is 7.05 Å². The Morgan fingerprint density at radius 2 is 1.96 bits per heavy atom. The average molecular weight is 377 g/mol. The number of ether oxygens (including phenoxy) is 1. The van der Waals surface area contributed by atoms with Crippen LogP contribution in [0.2, 0.25) is 0 Å². The highest BCUT2D eigenvalue weighted by molar-refractivity contribution is 5.95. The third-order valence-corrected chi connectivity index (χ3v) is 4.91. The summed E-state index contributed by atoms with van der Waals surface area (Å²) in [5.41, 5.74) is 2.95. The Kier molecular flexibility index (Phi) is 4.38. The highest BCUT2D eigenvalue weighted by Gasteiger charge is 2.29. The van der Waals surface area contributed by atoms with Crippen LogP contribution in [0.25, 0.3) is 11.3 Å². The van der Waals surface area contributed by atoms with Crippen molar-refractivity contribution in [3.8, 4) is 17.1 Å². The van der Waals surface area contributed by atoms with Crippen molar-refractivity contribution >= 4 is 5.91 Å². The predicted octanol–water partition coefficient (Wildman–Crippen LogP) is 1.71. The number of rotatable bonds is 3.